The molecule has 6 heteroatoms. The van der Waals surface area contributed by atoms with Crippen molar-refractivity contribution in [1.29, 1.82) is 16.1 Å². The van der Waals surface area contributed by atoms with Gasteiger partial charge < -0.3 is 0 Å². The number of nitrogens with zero attached hydrogens (tertiary/aromatic N) is 1. The Balaban J connectivity index is -0.0000000600. The summed E-state index contributed by atoms with van der Waals surface area (Å²) < 4.78 is 0. The molecule has 0 bridgehead atoms. The SMILES string of the molecule is N#CS.N=C=O.N=C=S. The third-order valence-corrected chi connectivity index (χ3v) is 0. The van der Waals surface area contributed by atoms with Crippen LogP contribution in [0, 0.1) is 21.5 Å². The summed E-state index contributed by atoms with van der Waals surface area (Å²) in [5.74, 6) is 0. The first-order chi connectivity index (χ1) is 4.24. The predicted molar refractivity (Wildman–Crippen MR) is 38.3 cm³/mol. The molecule has 0 unspecified atom stereocenters. The molecule has 0 aromatic heterocycles. The van der Waals surface area contributed by atoms with Crippen LogP contribution in [0.25, 0.3) is 0 Å². The van der Waals surface area contributed by atoms with Crippen LogP contribution in [0.1, 0.15) is 0 Å². The monoisotopic (exact) mass is 161 g/mol. The Morgan fingerprint density at radius 1 is 1.56 bits per heavy atom. The number of nitrogens with one attached hydrogen (secondary N) is 2. The summed E-state index contributed by atoms with van der Waals surface area (Å²) in [5.41, 5.74) is 0. The van der Waals surface area contributed by atoms with E-state index < -0.39 is 0 Å². The number of carbonyl (C=O) groups excluding carboxylic acids is 1. The maximum atomic E-state index is 8.35. The minimum absolute atomic E-state index is 0.750. The molecule has 9 heavy (non-hydrogen) atoms. The van der Waals surface area contributed by atoms with Crippen molar-refractivity contribution in [2.45, 2.75) is 0 Å². The molecule has 0 atom stereocenters. The number of hydrogen-bond acceptors (Lipinski definition) is 6. The van der Waals surface area contributed by atoms with Crippen molar-refractivity contribution in [3.8, 4) is 5.40 Å². The first-order valence-corrected chi connectivity index (χ1v) is 2.21. The lowest BCUT2D eigenvalue weighted by Crippen LogP contribution is -1.16. The van der Waals surface area contributed by atoms with E-state index >= 15 is 0 Å². The van der Waals surface area contributed by atoms with Gasteiger partial charge in [0.2, 0.25) is 6.08 Å². The summed E-state index contributed by atoms with van der Waals surface area (Å²) in [5, 5.41) is 21.4. The number of isocyanates is 1. The highest BCUT2D eigenvalue weighted by Crippen LogP contribution is 1.46. The molecule has 0 saturated heterocycles. The van der Waals surface area contributed by atoms with E-state index in [1.54, 1.807) is 5.16 Å². The van der Waals surface area contributed by atoms with Gasteiger partial charge in [-0.15, -0.1) is 0 Å². The van der Waals surface area contributed by atoms with E-state index in [9.17, 15) is 0 Å². The van der Waals surface area contributed by atoms with Gasteiger partial charge in [-0.1, -0.05) is 12.6 Å². The number of rotatable bonds is 0. The van der Waals surface area contributed by atoms with Crippen LogP contribution in [0.4, 0.5) is 0 Å². The lowest BCUT2D eigenvalue weighted by atomic mass is 11.7. The lowest BCUT2D eigenvalue weighted by Gasteiger charge is -1.14. The third-order valence-electron chi connectivity index (χ3n) is 0. The fourth-order valence-corrected chi connectivity index (χ4v) is 0. The van der Waals surface area contributed by atoms with E-state index in [1.165, 1.54) is 5.40 Å². The Kier molecular flexibility index (Phi) is 109. The van der Waals surface area contributed by atoms with Gasteiger partial charge in [-0.05, 0) is 12.2 Å². The summed E-state index contributed by atoms with van der Waals surface area (Å²) in [7, 11) is 0. The number of nitriles is 1. The number of thiol groups is 1. The summed E-state index contributed by atoms with van der Waals surface area (Å²) in [6, 6.07) is 0. The van der Waals surface area contributed by atoms with Crippen LogP contribution < -0.4 is 0 Å². The largest absolute Gasteiger partial charge is 0.248 e. The van der Waals surface area contributed by atoms with Gasteiger partial charge in [-0.25, -0.2) is 15.6 Å². The van der Waals surface area contributed by atoms with Gasteiger partial charge in [0.05, 0.1) is 5.16 Å². The van der Waals surface area contributed by atoms with Gasteiger partial charge in [0.25, 0.3) is 0 Å². The van der Waals surface area contributed by atoms with Crippen molar-refractivity contribution >= 4 is 36.1 Å². The van der Waals surface area contributed by atoms with E-state index in [4.69, 9.17) is 20.9 Å². The molecule has 0 amide bonds. The molecule has 4 nitrogen and oxygen atoms in total. The minimum Gasteiger partial charge on any atom is -0.248 e. The Bertz CT molecular complexity index is 126. The smallest absolute Gasteiger partial charge is 0.231 e. The average molecular weight is 161 g/mol. The molecule has 48 valence electrons. The first-order valence-electron chi connectivity index (χ1n) is 1.36. The van der Waals surface area contributed by atoms with Crippen LogP contribution in [-0.2, 0) is 4.79 Å². The fourth-order valence-electron chi connectivity index (χ4n) is 0. The van der Waals surface area contributed by atoms with Gasteiger partial charge in [0.1, 0.15) is 5.40 Å². The molecule has 2 N–H and O–H groups in total. The van der Waals surface area contributed by atoms with Crippen molar-refractivity contribution in [3.05, 3.63) is 0 Å². The maximum absolute atomic E-state index is 8.35. The molecule has 0 aliphatic carbocycles. The van der Waals surface area contributed by atoms with Gasteiger partial charge in [-0.2, -0.15) is 5.26 Å². The van der Waals surface area contributed by atoms with Gasteiger partial charge in [-0.3, -0.25) is 0 Å². The number of isothiocyanates is 1. The molecule has 0 spiro atoms. The van der Waals surface area contributed by atoms with Gasteiger partial charge in [0, 0.05) is 0 Å². The zero-order valence-electron chi connectivity index (χ0n) is 4.21. The highest BCUT2D eigenvalue weighted by Gasteiger charge is 1.18. The molecule has 0 aliphatic heterocycles. The third kappa shape index (κ3) is 184. The molecule has 0 aliphatic rings. The molecule has 0 heterocycles. The minimum atomic E-state index is 0.750. The normalized spacial score (nSPS) is 2.67. The second-order valence-electron chi connectivity index (χ2n) is 0.304. The summed E-state index contributed by atoms with van der Waals surface area (Å²) >= 11 is 6.90. The van der Waals surface area contributed by atoms with Gasteiger partial charge >= 0.3 is 0 Å². The Morgan fingerprint density at radius 3 is 1.56 bits per heavy atom. The average Bonchev–Trinajstić information content (AvgIpc) is 1.70. The molecule has 0 saturated carbocycles. The summed E-state index contributed by atoms with van der Waals surface area (Å²) in [4.78, 5) is 8.35. The van der Waals surface area contributed by atoms with E-state index in [0.29, 0.717) is 0 Å². The first kappa shape index (κ1) is 15.7. The number of thiocyanates is 1. The van der Waals surface area contributed by atoms with E-state index in [2.05, 4.69) is 24.8 Å². The predicted octanol–water partition coefficient (Wildman–Crippen LogP) is 0.966. The van der Waals surface area contributed by atoms with Crippen LogP contribution in [0.5, 0.6) is 0 Å². The van der Waals surface area contributed by atoms with Crippen molar-refractivity contribution in [1.82, 2.24) is 0 Å². The zero-order chi connectivity index (χ0) is 8.12. The Labute approximate surface area is 62.9 Å². The van der Waals surface area contributed by atoms with Crippen molar-refractivity contribution in [2.75, 3.05) is 0 Å². The maximum Gasteiger partial charge on any atom is 0.231 e. The molecule has 0 radical (unpaired) electrons. The summed E-state index contributed by atoms with van der Waals surface area (Å²) in [6.45, 7) is 0. The lowest BCUT2D eigenvalue weighted by molar-refractivity contribution is 0.563. The van der Waals surface area contributed by atoms with Crippen LogP contribution >= 0.6 is 24.8 Å². The van der Waals surface area contributed by atoms with Crippen molar-refractivity contribution < 1.29 is 4.79 Å². The Morgan fingerprint density at radius 2 is 1.56 bits per heavy atom. The topological polar surface area (TPSA) is 88.6 Å². The molecular formula is C3H3N3OS2. The second-order valence-corrected chi connectivity index (χ2v) is 0.708. The van der Waals surface area contributed by atoms with E-state index in [0.717, 1.165) is 6.08 Å². The highest BCUT2D eigenvalue weighted by atomic mass is 32.1. The molecule has 0 fully saturated rings. The van der Waals surface area contributed by atoms with Crippen molar-refractivity contribution in [2.24, 2.45) is 0 Å². The number of hydrogen-bond donors (Lipinski definition) is 3. The van der Waals surface area contributed by atoms with Crippen LogP contribution in [0.3, 0.4) is 0 Å². The van der Waals surface area contributed by atoms with E-state index in [1.807, 2.05) is 0 Å². The van der Waals surface area contributed by atoms with Gasteiger partial charge in [0.15, 0.2) is 0 Å². The zero-order valence-corrected chi connectivity index (χ0v) is 5.92. The quantitative estimate of drug-likeness (QED) is 0.162. The Hall–Kier alpha value is -0.980. The molecular weight excluding hydrogens is 158 g/mol. The fraction of sp³-hybridized carbons (Fsp3) is 0. The summed E-state index contributed by atoms with van der Waals surface area (Å²) in [6.07, 6.45) is 0.750. The number of thiocarbonyl (C=S) groups is 1. The molecule has 0 aromatic rings. The molecule has 0 aromatic carbocycles. The van der Waals surface area contributed by atoms with E-state index in [-0.39, 0.29) is 0 Å². The van der Waals surface area contributed by atoms with Crippen molar-refractivity contribution in [3.63, 3.8) is 0 Å². The van der Waals surface area contributed by atoms with Crippen LogP contribution in [0.15, 0.2) is 0 Å². The molecule has 0 rings (SSSR count). The second kappa shape index (κ2) is 62.3. The standard InChI is InChI=1S/CHNO.2CHNS/c3*2-1-3/h2H;3H;2H. The van der Waals surface area contributed by atoms with Crippen LogP contribution in [-0.4, -0.2) is 11.2 Å². The van der Waals surface area contributed by atoms with Crippen LogP contribution in [0.2, 0.25) is 0 Å². The highest BCUT2D eigenvalue weighted by molar-refractivity contribution is 7.85.